The maximum absolute atomic E-state index is 12.7. The average Bonchev–Trinajstić information content (AvgIpc) is 3.18. The first-order chi connectivity index (χ1) is 13.9. The summed E-state index contributed by atoms with van der Waals surface area (Å²) < 4.78 is 1.35. The van der Waals surface area contributed by atoms with E-state index in [4.69, 9.17) is 23.8 Å². The third-order valence-corrected chi connectivity index (χ3v) is 6.70. The minimum absolute atomic E-state index is 0.155. The van der Waals surface area contributed by atoms with Gasteiger partial charge in [0.2, 0.25) is 5.91 Å². The Hall–Kier alpha value is -2.26. The number of thioether (sulfide) groups is 1. The summed E-state index contributed by atoms with van der Waals surface area (Å²) in [6, 6.07) is 13.0. The Bertz CT molecular complexity index is 1170. The van der Waals surface area contributed by atoms with Gasteiger partial charge in [-0.3, -0.25) is 14.5 Å². The van der Waals surface area contributed by atoms with Crippen LogP contribution in [0, 0.1) is 6.92 Å². The highest BCUT2D eigenvalue weighted by Crippen LogP contribution is 2.33. The second-order valence-corrected chi connectivity index (χ2v) is 9.50. The number of halogens is 1. The van der Waals surface area contributed by atoms with Gasteiger partial charge in [0.05, 0.1) is 15.1 Å². The number of nitrogens with one attached hydrogen (secondary N) is 1. The molecule has 0 unspecified atom stereocenters. The van der Waals surface area contributed by atoms with Crippen molar-refractivity contribution in [1.29, 1.82) is 0 Å². The van der Waals surface area contributed by atoms with Gasteiger partial charge in [-0.1, -0.05) is 65.1 Å². The van der Waals surface area contributed by atoms with Crippen molar-refractivity contribution in [2.24, 2.45) is 0 Å². The number of rotatable bonds is 4. The largest absolute Gasteiger partial charge is 0.300 e. The number of amides is 2. The predicted molar refractivity (Wildman–Crippen MR) is 124 cm³/mol. The van der Waals surface area contributed by atoms with Crippen LogP contribution in [0.5, 0.6) is 0 Å². The average molecular weight is 460 g/mol. The van der Waals surface area contributed by atoms with Crippen molar-refractivity contribution in [3.05, 3.63) is 63.5 Å². The minimum Gasteiger partial charge on any atom is -0.300 e. The Kier molecular flexibility index (Phi) is 5.69. The van der Waals surface area contributed by atoms with Gasteiger partial charge >= 0.3 is 0 Å². The van der Waals surface area contributed by atoms with Gasteiger partial charge in [-0.25, -0.2) is 4.98 Å². The van der Waals surface area contributed by atoms with Crippen LogP contribution in [0.25, 0.3) is 16.3 Å². The number of carbonyl (C=O) groups is 2. The highest BCUT2D eigenvalue weighted by molar-refractivity contribution is 8.26. The molecule has 0 bridgehead atoms. The van der Waals surface area contributed by atoms with Crippen molar-refractivity contribution < 1.29 is 9.59 Å². The van der Waals surface area contributed by atoms with Crippen LogP contribution < -0.4 is 5.32 Å². The molecular weight excluding hydrogens is 446 g/mol. The number of carbonyl (C=O) groups excluding carboxylic acids is 2. The molecule has 1 fully saturated rings. The Balaban J connectivity index is 1.45. The Morgan fingerprint density at radius 3 is 2.79 bits per heavy atom. The maximum atomic E-state index is 12.7. The van der Waals surface area contributed by atoms with Gasteiger partial charge in [-0.05, 0) is 48.4 Å². The molecule has 4 rings (SSSR count). The van der Waals surface area contributed by atoms with Crippen LogP contribution in [-0.4, -0.2) is 32.6 Å². The summed E-state index contributed by atoms with van der Waals surface area (Å²) in [4.78, 5) is 31.3. The molecule has 0 atom stereocenters. The summed E-state index contributed by atoms with van der Waals surface area (Å²) in [5.74, 6) is -0.630. The van der Waals surface area contributed by atoms with Crippen LogP contribution in [-0.2, 0) is 9.59 Å². The molecule has 0 aliphatic carbocycles. The van der Waals surface area contributed by atoms with Crippen molar-refractivity contribution >= 4 is 84.5 Å². The number of aromatic nitrogens is 1. The van der Waals surface area contributed by atoms with Crippen LogP contribution in [0.1, 0.15) is 11.1 Å². The molecule has 2 aromatic carbocycles. The number of aryl methyl sites for hydroxylation is 1. The summed E-state index contributed by atoms with van der Waals surface area (Å²) >= 11 is 13.8. The van der Waals surface area contributed by atoms with Crippen LogP contribution in [0.4, 0.5) is 5.13 Å². The van der Waals surface area contributed by atoms with E-state index < -0.39 is 0 Å². The van der Waals surface area contributed by atoms with E-state index in [0.717, 1.165) is 21.3 Å². The van der Waals surface area contributed by atoms with Crippen LogP contribution >= 0.6 is 46.9 Å². The van der Waals surface area contributed by atoms with Gasteiger partial charge in [-0.2, -0.15) is 0 Å². The number of thiazole rings is 1. The van der Waals surface area contributed by atoms with Crippen molar-refractivity contribution in [3.8, 4) is 0 Å². The van der Waals surface area contributed by atoms with Gasteiger partial charge in [-0.15, -0.1) is 0 Å². The molecule has 29 heavy (non-hydrogen) atoms. The summed E-state index contributed by atoms with van der Waals surface area (Å²) in [7, 11) is 0. The Labute approximate surface area is 185 Å². The molecule has 1 aliphatic rings. The van der Waals surface area contributed by atoms with E-state index in [0.29, 0.717) is 19.4 Å². The molecule has 2 amide bonds. The zero-order valence-electron chi connectivity index (χ0n) is 15.1. The molecule has 1 aromatic heterocycles. The SMILES string of the molecule is Cc1ccc2nc(NC(=O)CN3C(=O)/C(=C/c4ccc(Cl)cc4)SC3=S)sc2c1. The first-order valence-electron chi connectivity index (χ1n) is 8.57. The first kappa shape index (κ1) is 20.0. The summed E-state index contributed by atoms with van der Waals surface area (Å²) in [5, 5.41) is 3.88. The lowest BCUT2D eigenvalue weighted by Gasteiger charge is -2.13. The normalized spacial score (nSPS) is 15.5. The van der Waals surface area contributed by atoms with Crippen LogP contribution in [0.3, 0.4) is 0 Å². The molecule has 9 heteroatoms. The van der Waals surface area contributed by atoms with Gasteiger partial charge in [0.25, 0.3) is 5.91 Å². The fraction of sp³-hybridized carbons (Fsp3) is 0.100. The lowest BCUT2D eigenvalue weighted by atomic mass is 10.2. The lowest BCUT2D eigenvalue weighted by Crippen LogP contribution is -2.36. The molecule has 3 aromatic rings. The van der Waals surface area contributed by atoms with Crippen molar-refractivity contribution in [2.45, 2.75) is 6.92 Å². The number of fused-ring (bicyclic) bond motifs is 1. The van der Waals surface area contributed by atoms with E-state index in [9.17, 15) is 9.59 Å². The number of benzene rings is 2. The van der Waals surface area contributed by atoms with Gasteiger partial charge in [0, 0.05) is 5.02 Å². The van der Waals surface area contributed by atoms with Crippen LogP contribution in [0.2, 0.25) is 5.02 Å². The monoisotopic (exact) mass is 459 g/mol. The van der Waals surface area contributed by atoms with E-state index in [1.165, 1.54) is 28.0 Å². The second kappa shape index (κ2) is 8.23. The van der Waals surface area contributed by atoms with Crippen molar-refractivity contribution in [2.75, 3.05) is 11.9 Å². The van der Waals surface area contributed by atoms with E-state index in [1.54, 1.807) is 18.2 Å². The molecule has 1 aliphatic heterocycles. The van der Waals surface area contributed by atoms with E-state index in [1.807, 2.05) is 37.3 Å². The van der Waals surface area contributed by atoms with E-state index in [-0.39, 0.29) is 18.4 Å². The summed E-state index contributed by atoms with van der Waals surface area (Å²) in [6.45, 7) is 1.85. The lowest BCUT2D eigenvalue weighted by molar-refractivity contribution is -0.126. The fourth-order valence-electron chi connectivity index (χ4n) is 2.73. The minimum atomic E-state index is -0.343. The van der Waals surface area contributed by atoms with Crippen molar-refractivity contribution in [3.63, 3.8) is 0 Å². The molecule has 1 N–H and O–H groups in total. The highest BCUT2D eigenvalue weighted by Gasteiger charge is 2.33. The Morgan fingerprint density at radius 1 is 1.28 bits per heavy atom. The number of thiocarbonyl (C=S) groups is 1. The molecule has 0 spiro atoms. The molecule has 146 valence electrons. The summed E-state index contributed by atoms with van der Waals surface area (Å²) in [6.07, 6.45) is 1.74. The predicted octanol–water partition coefficient (Wildman–Crippen LogP) is 5.10. The number of nitrogens with zero attached hydrogens (tertiary/aromatic N) is 2. The zero-order valence-corrected chi connectivity index (χ0v) is 18.3. The highest BCUT2D eigenvalue weighted by atomic mass is 35.5. The third kappa shape index (κ3) is 4.51. The quantitative estimate of drug-likeness (QED) is 0.434. The second-order valence-electron chi connectivity index (χ2n) is 6.36. The molecular formula is C20H14ClN3O2S3. The van der Waals surface area contributed by atoms with Crippen molar-refractivity contribution in [1.82, 2.24) is 9.88 Å². The molecule has 0 saturated carbocycles. The van der Waals surface area contributed by atoms with Gasteiger partial charge in [0.1, 0.15) is 10.9 Å². The van der Waals surface area contributed by atoms with E-state index in [2.05, 4.69) is 10.3 Å². The van der Waals surface area contributed by atoms with E-state index >= 15 is 0 Å². The van der Waals surface area contributed by atoms with Gasteiger partial charge in [0.15, 0.2) is 5.13 Å². The molecule has 5 nitrogen and oxygen atoms in total. The Morgan fingerprint density at radius 2 is 2.03 bits per heavy atom. The summed E-state index contributed by atoms with van der Waals surface area (Å²) in [5.41, 5.74) is 2.79. The van der Waals surface area contributed by atoms with Crippen LogP contribution in [0.15, 0.2) is 47.4 Å². The maximum Gasteiger partial charge on any atom is 0.266 e. The zero-order chi connectivity index (χ0) is 20.5. The van der Waals surface area contributed by atoms with Gasteiger partial charge < -0.3 is 5.32 Å². The number of anilines is 1. The third-order valence-electron chi connectivity index (χ3n) is 4.13. The first-order valence-corrected chi connectivity index (χ1v) is 11.0. The molecule has 1 saturated heterocycles. The number of hydrogen-bond donors (Lipinski definition) is 1. The molecule has 0 radical (unpaired) electrons. The topological polar surface area (TPSA) is 62.3 Å². The molecule has 2 heterocycles. The standard InChI is InChI=1S/C20H14ClN3O2S3/c1-11-2-7-14-15(8-11)28-19(22-14)23-17(25)10-24-18(26)16(29-20(24)27)9-12-3-5-13(21)6-4-12/h2-9H,10H2,1H3,(H,22,23,25)/b16-9-. The fourth-order valence-corrected chi connectivity index (χ4v) is 5.10. The number of hydrogen-bond acceptors (Lipinski definition) is 6. The smallest absolute Gasteiger partial charge is 0.266 e.